The fraction of sp³-hybridized carbons (Fsp3) is 0.400. The van der Waals surface area contributed by atoms with Gasteiger partial charge in [-0.1, -0.05) is 42.7 Å². The SMILES string of the molecule is CCC(C)(CC#N)Cc1nc(-c2ccccc2Cl)no1. The highest BCUT2D eigenvalue weighted by Crippen LogP contribution is 2.31. The van der Waals surface area contributed by atoms with Crippen LogP contribution in [0.25, 0.3) is 11.4 Å². The molecule has 1 aromatic carbocycles. The Morgan fingerprint density at radius 3 is 2.80 bits per heavy atom. The number of hydrogen-bond donors (Lipinski definition) is 0. The van der Waals surface area contributed by atoms with E-state index in [4.69, 9.17) is 21.4 Å². The van der Waals surface area contributed by atoms with Crippen LogP contribution in [-0.2, 0) is 6.42 Å². The molecule has 1 atom stereocenters. The average molecular weight is 290 g/mol. The van der Waals surface area contributed by atoms with Crippen LogP contribution in [0.3, 0.4) is 0 Å². The van der Waals surface area contributed by atoms with Crippen molar-refractivity contribution < 1.29 is 4.52 Å². The molecule has 1 unspecified atom stereocenters. The highest BCUT2D eigenvalue weighted by Gasteiger charge is 2.26. The highest BCUT2D eigenvalue weighted by molar-refractivity contribution is 6.33. The quantitative estimate of drug-likeness (QED) is 0.825. The van der Waals surface area contributed by atoms with Crippen LogP contribution in [0.15, 0.2) is 28.8 Å². The molecular formula is C15H16ClN3O. The van der Waals surface area contributed by atoms with Crippen LogP contribution >= 0.6 is 11.6 Å². The Labute approximate surface area is 123 Å². The minimum absolute atomic E-state index is 0.140. The van der Waals surface area contributed by atoms with Gasteiger partial charge in [-0.05, 0) is 24.0 Å². The van der Waals surface area contributed by atoms with E-state index in [9.17, 15) is 0 Å². The van der Waals surface area contributed by atoms with Gasteiger partial charge in [0.2, 0.25) is 11.7 Å². The maximum Gasteiger partial charge on any atom is 0.227 e. The Kier molecular flexibility index (Phi) is 4.41. The van der Waals surface area contributed by atoms with Crippen LogP contribution < -0.4 is 0 Å². The van der Waals surface area contributed by atoms with E-state index in [-0.39, 0.29) is 5.41 Å². The van der Waals surface area contributed by atoms with Crippen molar-refractivity contribution in [3.63, 3.8) is 0 Å². The molecule has 1 heterocycles. The van der Waals surface area contributed by atoms with Crippen molar-refractivity contribution in [2.45, 2.75) is 33.1 Å². The Bertz CT molecular complexity index is 632. The summed E-state index contributed by atoms with van der Waals surface area (Å²) in [6, 6.07) is 9.59. The van der Waals surface area contributed by atoms with Gasteiger partial charge >= 0.3 is 0 Å². The topological polar surface area (TPSA) is 62.7 Å². The molecule has 0 saturated carbocycles. The molecule has 0 aliphatic heterocycles. The third-order valence-electron chi connectivity index (χ3n) is 3.52. The molecule has 0 spiro atoms. The van der Waals surface area contributed by atoms with E-state index in [1.165, 1.54) is 0 Å². The van der Waals surface area contributed by atoms with Crippen molar-refractivity contribution in [3.05, 3.63) is 35.2 Å². The van der Waals surface area contributed by atoms with E-state index in [0.717, 1.165) is 12.0 Å². The van der Waals surface area contributed by atoms with Gasteiger partial charge in [0.15, 0.2) is 0 Å². The van der Waals surface area contributed by atoms with Crippen LogP contribution in [0.4, 0.5) is 0 Å². The predicted octanol–water partition coefficient (Wildman–Crippen LogP) is 4.26. The minimum Gasteiger partial charge on any atom is -0.339 e. The van der Waals surface area contributed by atoms with Gasteiger partial charge in [0.1, 0.15) is 0 Å². The van der Waals surface area contributed by atoms with Crippen molar-refractivity contribution in [2.24, 2.45) is 5.41 Å². The average Bonchev–Trinajstić information content (AvgIpc) is 2.87. The van der Waals surface area contributed by atoms with Gasteiger partial charge in [-0.15, -0.1) is 0 Å². The smallest absolute Gasteiger partial charge is 0.227 e. The molecule has 0 N–H and O–H groups in total. The maximum absolute atomic E-state index is 8.90. The van der Waals surface area contributed by atoms with Crippen LogP contribution in [0.2, 0.25) is 5.02 Å². The van der Waals surface area contributed by atoms with Crippen molar-refractivity contribution in [2.75, 3.05) is 0 Å². The predicted molar refractivity (Wildman–Crippen MR) is 77.1 cm³/mol. The monoisotopic (exact) mass is 289 g/mol. The molecule has 1 aromatic heterocycles. The van der Waals surface area contributed by atoms with Crippen molar-refractivity contribution in [1.82, 2.24) is 10.1 Å². The summed E-state index contributed by atoms with van der Waals surface area (Å²) in [6.45, 7) is 4.11. The second-order valence-corrected chi connectivity index (χ2v) is 5.57. The van der Waals surface area contributed by atoms with Crippen LogP contribution in [-0.4, -0.2) is 10.1 Å². The molecule has 0 bridgehead atoms. The lowest BCUT2D eigenvalue weighted by molar-refractivity contribution is 0.266. The van der Waals surface area contributed by atoms with Crippen LogP contribution in [0.1, 0.15) is 32.6 Å². The number of halogens is 1. The first-order chi connectivity index (χ1) is 9.58. The number of nitriles is 1. The van der Waals surface area contributed by atoms with Crippen molar-refractivity contribution >= 4 is 11.6 Å². The van der Waals surface area contributed by atoms with Gasteiger partial charge in [-0.2, -0.15) is 10.2 Å². The van der Waals surface area contributed by atoms with Gasteiger partial charge < -0.3 is 4.52 Å². The number of nitrogens with zero attached hydrogens (tertiary/aromatic N) is 3. The maximum atomic E-state index is 8.90. The lowest BCUT2D eigenvalue weighted by Crippen LogP contribution is -2.18. The molecule has 104 valence electrons. The molecule has 0 saturated heterocycles. The zero-order chi connectivity index (χ0) is 14.6. The minimum atomic E-state index is -0.140. The Balaban J connectivity index is 2.22. The van der Waals surface area contributed by atoms with Crippen molar-refractivity contribution in [1.29, 1.82) is 5.26 Å². The molecule has 5 heteroatoms. The van der Waals surface area contributed by atoms with E-state index < -0.39 is 0 Å². The second kappa shape index (κ2) is 6.06. The summed E-state index contributed by atoms with van der Waals surface area (Å²) in [5.74, 6) is 1.03. The largest absolute Gasteiger partial charge is 0.339 e. The van der Waals surface area contributed by atoms with Gasteiger partial charge in [0.25, 0.3) is 0 Å². The molecule has 0 fully saturated rings. The van der Waals surface area contributed by atoms with Crippen molar-refractivity contribution in [3.8, 4) is 17.5 Å². The zero-order valence-corrected chi connectivity index (χ0v) is 12.3. The fourth-order valence-corrected chi connectivity index (χ4v) is 2.17. The summed E-state index contributed by atoms with van der Waals surface area (Å²) in [7, 11) is 0. The molecule has 4 nitrogen and oxygen atoms in total. The summed E-state index contributed by atoms with van der Waals surface area (Å²) < 4.78 is 5.29. The molecule has 20 heavy (non-hydrogen) atoms. The zero-order valence-electron chi connectivity index (χ0n) is 11.6. The van der Waals surface area contributed by atoms with Crippen LogP contribution in [0, 0.1) is 16.7 Å². The number of rotatable bonds is 5. The van der Waals surface area contributed by atoms with Gasteiger partial charge in [0.05, 0.1) is 11.1 Å². The third kappa shape index (κ3) is 3.17. The standard InChI is InChI=1S/C15H16ClN3O/c1-3-15(2,8-9-17)10-13-18-14(19-20-13)11-6-4-5-7-12(11)16/h4-7H,3,8,10H2,1-2H3. The second-order valence-electron chi connectivity index (χ2n) is 5.17. The molecule has 0 aliphatic rings. The number of aromatic nitrogens is 2. The summed E-state index contributed by atoms with van der Waals surface area (Å²) >= 11 is 6.11. The molecule has 2 aromatic rings. The van der Waals surface area contributed by atoms with E-state index in [2.05, 4.69) is 30.1 Å². The fourth-order valence-electron chi connectivity index (χ4n) is 1.95. The molecule has 0 radical (unpaired) electrons. The Morgan fingerprint density at radius 2 is 2.15 bits per heavy atom. The lowest BCUT2D eigenvalue weighted by atomic mass is 9.81. The van der Waals surface area contributed by atoms with Gasteiger partial charge in [0, 0.05) is 18.4 Å². The first-order valence-corrected chi connectivity index (χ1v) is 6.90. The highest BCUT2D eigenvalue weighted by atomic mass is 35.5. The number of benzene rings is 1. The van der Waals surface area contributed by atoms with E-state index in [1.807, 2.05) is 18.2 Å². The summed E-state index contributed by atoms with van der Waals surface area (Å²) in [6.07, 6.45) is 1.94. The van der Waals surface area contributed by atoms with E-state index in [0.29, 0.717) is 29.6 Å². The molecular weight excluding hydrogens is 274 g/mol. The summed E-state index contributed by atoms with van der Waals surface area (Å²) in [4.78, 5) is 4.38. The lowest BCUT2D eigenvalue weighted by Gasteiger charge is -2.22. The molecule has 2 rings (SSSR count). The molecule has 0 aliphatic carbocycles. The summed E-state index contributed by atoms with van der Waals surface area (Å²) in [5, 5.41) is 13.5. The van der Waals surface area contributed by atoms with Gasteiger partial charge in [-0.3, -0.25) is 0 Å². The number of hydrogen-bond acceptors (Lipinski definition) is 4. The third-order valence-corrected chi connectivity index (χ3v) is 3.85. The van der Waals surface area contributed by atoms with Crippen LogP contribution in [0.5, 0.6) is 0 Å². The first kappa shape index (κ1) is 14.5. The molecule has 0 amide bonds. The van der Waals surface area contributed by atoms with E-state index in [1.54, 1.807) is 6.07 Å². The van der Waals surface area contributed by atoms with Gasteiger partial charge in [-0.25, -0.2) is 0 Å². The van der Waals surface area contributed by atoms with E-state index >= 15 is 0 Å². The normalized spacial score (nSPS) is 13.7. The first-order valence-electron chi connectivity index (χ1n) is 6.52. The Hall–Kier alpha value is -1.86. The Morgan fingerprint density at radius 1 is 1.40 bits per heavy atom. The summed E-state index contributed by atoms with van der Waals surface area (Å²) in [5.41, 5.74) is 0.613.